The van der Waals surface area contributed by atoms with Gasteiger partial charge < -0.3 is 9.64 Å². The zero-order chi connectivity index (χ0) is 16.7. The van der Waals surface area contributed by atoms with E-state index >= 15 is 0 Å². The first-order valence-corrected chi connectivity index (χ1v) is 9.00. The van der Waals surface area contributed by atoms with Crippen LogP contribution in [0.2, 0.25) is 0 Å². The van der Waals surface area contributed by atoms with Gasteiger partial charge in [-0.05, 0) is 31.4 Å². The average Bonchev–Trinajstić information content (AvgIpc) is 3.11. The Morgan fingerprint density at radius 2 is 2.17 bits per heavy atom. The highest BCUT2D eigenvalue weighted by Gasteiger charge is 2.35. The molecule has 1 amide bonds. The molecule has 1 atom stereocenters. The van der Waals surface area contributed by atoms with Gasteiger partial charge in [0.15, 0.2) is 0 Å². The minimum atomic E-state index is -0.408. The summed E-state index contributed by atoms with van der Waals surface area (Å²) in [5, 5.41) is 11.7. The third kappa shape index (κ3) is 3.01. The summed E-state index contributed by atoms with van der Waals surface area (Å²) < 4.78 is 6.33. The third-order valence-corrected chi connectivity index (χ3v) is 5.75. The van der Waals surface area contributed by atoms with Crippen molar-refractivity contribution in [1.29, 1.82) is 0 Å². The van der Waals surface area contributed by atoms with Crippen LogP contribution >= 0.6 is 11.3 Å². The van der Waals surface area contributed by atoms with Crippen LogP contribution in [0.4, 0.5) is 5.69 Å². The van der Waals surface area contributed by atoms with E-state index in [9.17, 15) is 14.9 Å². The molecule has 7 heteroatoms. The molecular formula is C17H18N2O4S. The van der Waals surface area contributed by atoms with E-state index in [1.807, 2.05) is 4.90 Å². The molecule has 0 bridgehead atoms. The van der Waals surface area contributed by atoms with Gasteiger partial charge in [0.25, 0.3) is 11.6 Å². The summed E-state index contributed by atoms with van der Waals surface area (Å²) in [5.41, 5.74) is 0.0569. The second kappa shape index (κ2) is 6.14. The van der Waals surface area contributed by atoms with Gasteiger partial charge in [-0.15, -0.1) is 11.3 Å². The lowest BCUT2D eigenvalue weighted by molar-refractivity contribution is -0.384. The molecule has 126 valence electrons. The van der Waals surface area contributed by atoms with Crippen LogP contribution in [0, 0.1) is 16.0 Å². The topological polar surface area (TPSA) is 72.7 Å². The molecule has 6 nitrogen and oxygen atoms in total. The number of nitro benzene ring substituents is 1. The normalized spacial score (nSPS) is 20.4. The lowest BCUT2D eigenvalue weighted by atomic mass is 10.1. The molecule has 1 aromatic heterocycles. The van der Waals surface area contributed by atoms with E-state index in [1.165, 1.54) is 23.5 Å². The Labute approximate surface area is 143 Å². The Bertz CT molecular complexity index is 793. The lowest BCUT2D eigenvalue weighted by Crippen LogP contribution is -2.37. The number of thiophene rings is 1. The molecule has 0 N–H and O–H groups in total. The second-order valence-electron chi connectivity index (χ2n) is 6.51. The molecule has 1 aliphatic heterocycles. The smallest absolute Gasteiger partial charge is 0.270 e. The lowest BCUT2D eigenvalue weighted by Gasteiger charge is -2.24. The van der Waals surface area contributed by atoms with Gasteiger partial charge in [-0.1, -0.05) is 0 Å². The highest BCUT2D eigenvalue weighted by Crippen LogP contribution is 2.34. The zero-order valence-corrected chi connectivity index (χ0v) is 14.0. The van der Waals surface area contributed by atoms with Crippen molar-refractivity contribution in [2.75, 3.05) is 19.8 Å². The van der Waals surface area contributed by atoms with E-state index in [2.05, 4.69) is 0 Å². The molecule has 1 aliphatic carbocycles. The van der Waals surface area contributed by atoms with Crippen molar-refractivity contribution in [2.45, 2.75) is 25.3 Å². The number of ether oxygens (including phenoxy) is 1. The Kier molecular flexibility index (Phi) is 3.97. The van der Waals surface area contributed by atoms with E-state index < -0.39 is 4.92 Å². The minimum absolute atomic E-state index is 0.0493. The summed E-state index contributed by atoms with van der Waals surface area (Å²) in [5.74, 6) is 0.471. The predicted molar refractivity (Wildman–Crippen MR) is 91.5 cm³/mol. The van der Waals surface area contributed by atoms with E-state index in [0.717, 1.165) is 49.1 Å². The maximum atomic E-state index is 13.0. The molecule has 4 rings (SSSR count). The van der Waals surface area contributed by atoms with Gasteiger partial charge >= 0.3 is 0 Å². The van der Waals surface area contributed by atoms with Gasteiger partial charge in [0.1, 0.15) is 0 Å². The van der Waals surface area contributed by atoms with Gasteiger partial charge in [0.05, 0.1) is 16.4 Å². The van der Waals surface area contributed by atoms with E-state index in [-0.39, 0.29) is 11.6 Å². The van der Waals surface area contributed by atoms with Crippen LogP contribution in [-0.2, 0) is 4.74 Å². The number of nitrogens with zero attached hydrogens (tertiary/aromatic N) is 2. The number of carbonyl (C=O) groups excluding carboxylic acids is 1. The molecule has 1 saturated carbocycles. The van der Waals surface area contributed by atoms with Crippen molar-refractivity contribution in [3.63, 3.8) is 0 Å². The van der Waals surface area contributed by atoms with Crippen molar-refractivity contribution in [2.24, 2.45) is 5.92 Å². The van der Waals surface area contributed by atoms with Crippen LogP contribution in [0.5, 0.6) is 0 Å². The number of hydrogen-bond donors (Lipinski definition) is 0. The molecule has 1 aromatic carbocycles. The van der Waals surface area contributed by atoms with E-state index in [1.54, 1.807) is 12.1 Å². The van der Waals surface area contributed by atoms with Gasteiger partial charge in [0, 0.05) is 47.3 Å². The zero-order valence-electron chi connectivity index (χ0n) is 13.1. The highest BCUT2D eigenvalue weighted by molar-refractivity contribution is 7.20. The quantitative estimate of drug-likeness (QED) is 0.614. The van der Waals surface area contributed by atoms with Crippen molar-refractivity contribution >= 4 is 33.0 Å². The first-order valence-electron chi connectivity index (χ1n) is 8.18. The fourth-order valence-electron chi connectivity index (χ4n) is 3.18. The van der Waals surface area contributed by atoms with Gasteiger partial charge in [-0.3, -0.25) is 14.9 Å². The summed E-state index contributed by atoms with van der Waals surface area (Å²) in [7, 11) is 0. The number of amides is 1. The molecule has 0 spiro atoms. The number of carbonyl (C=O) groups is 1. The fraction of sp³-hybridized carbons (Fsp3) is 0.471. The van der Waals surface area contributed by atoms with Crippen LogP contribution in [-0.4, -0.2) is 41.5 Å². The molecule has 1 saturated heterocycles. The van der Waals surface area contributed by atoms with Crippen LogP contribution in [0.25, 0.3) is 10.1 Å². The molecule has 24 heavy (non-hydrogen) atoms. The van der Waals surface area contributed by atoms with Gasteiger partial charge in [-0.25, -0.2) is 0 Å². The van der Waals surface area contributed by atoms with E-state index in [4.69, 9.17) is 4.74 Å². The highest BCUT2D eigenvalue weighted by atomic mass is 32.1. The standard InChI is InChI=1S/C17H18N2O4S/c20-17(18(13-1-2-13)9-11-5-6-23-10-11)16-8-12-7-14(19(21)22)3-4-15(12)24-16/h3-4,7-8,11,13H,1-2,5-6,9-10H2. The maximum absolute atomic E-state index is 13.0. The maximum Gasteiger partial charge on any atom is 0.270 e. The summed E-state index contributed by atoms with van der Waals surface area (Å²) >= 11 is 1.41. The monoisotopic (exact) mass is 346 g/mol. The molecule has 2 aromatic rings. The number of fused-ring (bicyclic) bond motifs is 1. The SMILES string of the molecule is O=C(c1cc2cc([N+](=O)[O-])ccc2s1)N(CC1CCOC1)C1CC1. The van der Waals surface area contributed by atoms with Crippen molar-refractivity contribution in [3.05, 3.63) is 39.3 Å². The fourth-order valence-corrected chi connectivity index (χ4v) is 4.18. The van der Waals surface area contributed by atoms with Gasteiger partial charge in [0.2, 0.25) is 0 Å². The first kappa shape index (κ1) is 15.5. The van der Waals surface area contributed by atoms with Gasteiger partial charge in [-0.2, -0.15) is 0 Å². The molecule has 2 heterocycles. The summed E-state index contributed by atoms with van der Waals surface area (Å²) in [4.78, 5) is 26.1. The number of non-ortho nitro benzene ring substituents is 1. The molecule has 2 aliphatic rings. The third-order valence-electron chi connectivity index (χ3n) is 4.65. The Morgan fingerprint density at radius 3 is 2.83 bits per heavy atom. The average molecular weight is 346 g/mol. The van der Waals surface area contributed by atoms with Crippen LogP contribution in [0.15, 0.2) is 24.3 Å². The second-order valence-corrected chi connectivity index (χ2v) is 7.59. The molecule has 2 fully saturated rings. The number of hydrogen-bond acceptors (Lipinski definition) is 5. The minimum Gasteiger partial charge on any atom is -0.381 e. The van der Waals surface area contributed by atoms with Crippen LogP contribution in [0.1, 0.15) is 28.9 Å². The van der Waals surface area contributed by atoms with E-state index in [0.29, 0.717) is 16.8 Å². The van der Waals surface area contributed by atoms with Crippen LogP contribution < -0.4 is 0 Å². The largest absolute Gasteiger partial charge is 0.381 e. The number of rotatable bonds is 5. The molecule has 0 radical (unpaired) electrons. The van der Waals surface area contributed by atoms with Crippen LogP contribution in [0.3, 0.4) is 0 Å². The Hall–Kier alpha value is -1.99. The summed E-state index contributed by atoms with van der Waals surface area (Å²) in [6.45, 7) is 2.26. The number of benzene rings is 1. The Morgan fingerprint density at radius 1 is 1.33 bits per heavy atom. The number of nitro groups is 1. The summed E-state index contributed by atoms with van der Waals surface area (Å²) in [6.07, 6.45) is 3.14. The predicted octanol–water partition coefficient (Wildman–Crippen LogP) is 3.45. The van der Waals surface area contributed by atoms with Crippen molar-refractivity contribution in [3.8, 4) is 0 Å². The molecule has 1 unspecified atom stereocenters. The van der Waals surface area contributed by atoms with Crippen molar-refractivity contribution < 1.29 is 14.5 Å². The molecular weight excluding hydrogens is 328 g/mol. The first-order chi connectivity index (χ1) is 11.6. The van der Waals surface area contributed by atoms with Crippen molar-refractivity contribution in [1.82, 2.24) is 4.90 Å². The Balaban J connectivity index is 1.59. The summed E-state index contributed by atoms with van der Waals surface area (Å²) in [6, 6.07) is 6.88.